The molecule has 7 nitrogen and oxygen atoms in total. The average Bonchev–Trinajstić information content (AvgIpc) is 3.23. The second-order valence-corrected chi connectivity index (χ2v) is 7.06. The third-order valence-corrected chi connectivity index (χ3v) is 4.88. The fourth-order valence-electron chi connectivity index (χ4n) is 3.19. The SMILES string of the molecule is COc1cccc(C2=N/C(=C/c3ccc(OCC(=O)c4ccccc4)c(OC)c3)C(=O)O2)c1. The van der Waals surface area contributed by atoms with Gasteiger partial charge in [0, 0.05) is 11.1 Å². The molecule has 1 aliphatic heterocycles. The summed E-state index contributed by atoms with van der Waals surface area (Å²) in [5.41, 5.74) is 2.02. The molecule has 0 spiro atoms. The van der Waals surface area contributed by atoms with Gasteiger partial charge in [-0.1, -0.05) is 42.5 Å². The van der Waals surface area contributed by atoms with Crippen molar-refractivity contribution in [3.63, 3.8) is 0 Å². The van der Waals surface area contributed by atoms with Gasteiger partial charge in [-0.05, 0) is 42.0 Å². The number of carbonyl (C=O) groups excluding carboxylic acids is 2. The van der Waals surface area contributed by atoms with Crippen molar-refractivity contribution in [3.8, 4) is 17.2 Å². The summed E-state index contributed by atoms with van der Waals surface area (Å²) < 4.78 is 21.6. The minimum Gasteiger partial charge on any atom is -0.497 e. The molecule has 0 saturated carbocycles. The number of hydrogen-bond donors (Lipinski definition) is 0. The Morgan fingerprint density at radius 1 is 0.939 bits per heavy atom. The van der Waals surface area contributed by atoms with Crippen molar-refractivity contribution in [1.82, 2.24) is 0 Å². The molecule has 0 atom stereocenters. The van der Waals surface area contributed by atoms with Crippen LogP contribution < -0.4 is 14.2 Å². The van der Waals surface area contributed by atoms with Crippen LogP contribution in [0.5, 0.6) is 17.2 Å². The molecular formula is C26H21NO6. The minimum atomic E-state index is -0.555. The van der Waals surface area contributed by atoms with Crippen LogP contribution in [0.3, 0.4) is 0 Å². The van der Waals surface area contributed by atoms with Gasteiger partial charge in [-0.2, -0.15) is 0 Å². The Hall–Kier alpha value is -4.39. The van der Waals surface area contributed by atoms with Gasteiger partial charge in [-0.3, -0.25) is 4.79 Å². The summed E-state index contributed by atoms with van der Waals surface area (Å²) in [7, 11) is 3.06. The zero-order valence-electron chi connectivity index (χ0n) is 18.1. The van der Waals surface area contributed by atoms with Crippen molar-refractivity contribution in [3.05, 3.63) is 95.2 Å². The van der Waals surface area contributed by atoms with Crippen LogP contribution in [0.1, 0.15) is 21.5 Å². The number of ether oxygens (including phenoxy) is 4. The summed E-state index contributed by atoms with van der Waals surface area (Å²) in [5, 5.41) is 0. The monoisotopic (exact) mass is 443 g/mol. The Bertz CT molecular complexity index is 1250. The molecular weight excluding hydrogens is 422 g/mol. The van der Waals surface area contributed by atoms with Gasteiger partial charge in [0.2, 0.25) is 5.90 Å². The van der Waals surface area contributed by atoms with E-state index in [1.165, 1.54) is 7.11 Å². The van der Waals surface area contributed by atoms with E-state index in [4.69, 9.17) is 18.9 Å². The number of hydrogen-bond acceptors (Lipinski definition) is 7. The number of cyclic esters (lactones) is 1. The van der Waals surface area contributed by atoms with E-state index in [2.05, 4.69) is 4.99 Å². The molecule has 0 fully saturated rings. The van der Waals surface area contributed by atoms with Gasteiger partial charge in [-0.25, -0.2) is 9.79 Å². The lowest BCUT2D eigenvalue weighted by Gasteiger charge is -2.11. The standard InChI is InChI=1S/C26H21NO6/c1-30-20-10-6-9-19(15-20)25-27-21(26(29)33-25)13-17-11-12-23(24(14-17)31-2)32-16-22(28)18-7-4-3-5-8-18/h3-15H,16H2,1-2H3/b21-13+. The fraction of sp³-hybridized carbons (Fsp3) is 0.115. The van der Waals surface area contributed by atoms with Crippen molar-refractivity contribution < 1.29 is 28.5 Å². The van der Waals surface area contributed by atoms with Gasteiger partial charge in [0.1, 0.15) is 5.75 Å². The molecule has 0 N–H and O–H groups in total. The lowest BCUT2D eigenvalue weighted by atomic mass is 10.1. The first kappa shape index (κ1) is 21.8. The normalized spacial score (nSPS) is 13.9. The van der Waals surface area contributed by atoms with Crippen LogP contribution in [0, 0.1) is 0 Å². The number of rotatable bonds is 8. The Kier molecular flexibility index (Phi) is 6.50. The van der Waals surface area contributed by atoms with Gasteiger partial charge in [0.25, 0.3) is 0 Å². The van der Waals surface area contributed by atoms with E-state index >= 15 is 0 Å². The van der Waals surface area contributed by atoms with Crippen LogP contribution in [0.4, 0.5) is 0 Å². The molecule has 0 saturated heterocycles. The molecule has 0 unspecified atom stereocenters. The Labute approximate surface area is 190 Å². The van der Waals surface area contributed by atoms with Gasteiger partial charge in [0.15, 0.2) is 29.6 Å². The highest BCUT2D eigenvalue weighted by molar-refractivity contribution is 6.13. The number of esters is 1. The van der Waals surface area contributed by atoms with Crippen LogP contribution in [-0.2, 0) is 9.53 Å². The number of ketones is 1. The zero-order chi connectivity index (χ0) is 23.2. The van der Waals surface area contributed by atoms with Crippen LogP contribution in [0.2, 0.25) is 0 Å². The highest BCUT2D eigenvalue weighted by Crippen LogP contribution is 2.30. The number of benzene rings is 3. The summed E-state index contributed by atoms with van der Waals surface area (Å²) in [6.45, 7) is -0.124. The quantitative estimate of drug-likeness (QED) is 0.293. The number of nitrogens with zero attached hydrogens (tertiary/aromatic N) is 1. The summed E-state index contributed by atoms with van der Waals surface area (Å²) >= 11 is 0. The van der Waals surface area contributed by atoms with Crippen molar-refractivity contribution in [1.29, 1.82) is 0 Å². The lowest BCUT2D eigenvalue weighted by molar-refractivity contribution is -0.129. The second kappa shape index (κ2) is 9.82. The Morgan fingerprint density at radius 2 is 1.76 bits per heavy atom. The third-order valence-electron chi connectivity index (χ3n) is 4.88. The maximum Gasteiger partial charge on any atom is 0.363 e. The summed E-state index contributed by atoms with van der Waals surface area (Å²) in [5.74, 6) is 0.982. The molecule has 3 aromatic rings. The summed E-state index contributed by atoms with van der Waals surface area (Å²) in [6, 6.07) is 21.1. The lowest BCUT2D eigenvalue weighted by Crippen LogP contribution is -2.11. The molecule has 0 aliphatic carbocycles. The number of methoxy groups -OCH3 is 2. The van der Waals surface area contributed by atoms with Crippen molar-refractivity contribution >= 4 is 23.7 Å². The van der Waals surface area contributed by atoms with E-state index in [1.807, 2.05) is 6.07 Å². The topological polar surface area (TPSA) is 83.4 Å². The molecule has 1 heterocycles. The molecule has 0 bridgehead atoms. The Morgan fingerprint density at radius 3 is 2.52 bits per heavy atom. The number of carbonyl (C=O) groups is 2. The zero-order valence-corrected chi connectivity index (χ0v) is 18.1. The molecule has 33 heavy (non-hydrogen) atoms. The molecule has 0 radical (unpaired) electrons. The largest absolute Gasteiger partial charge is 0.497 e. The summed E-state index contributed by atoms with van der Waals surface area (Å²) in [4.78, 5) is 28.9. The third kappa shape index (κ3) is 5.10. The van der Waals surface area contributed by atoms with E-state index in [9.17, 15) is 9.59 Å². The summed E-state index contributed by atoms with van der Waals surface area (Å²) in [6.07, 6.45) is 1.59. The molecule has 0 amide bonds. The first-order valence-corrected chi connectivity index (χ1v) is 10.1. The van der Waals surface area contributed by atoms with Crippen LogP contribution >= 0.6 is 0 Å². The second-order valence-electron chi connectivity index (χ2n) is 7.06. The van der Waals surface area contributed by atoms with E-state index in [1.54, 1.807) is 79.9 Å². The Balaban J connectivity index is 1.51. The maximum absolute atomic E-state index is 12.3. The van der Waals surface area contributed by atoms with E-state index < -0.39 is 5.97 Å². The van der Waals surface area contributed by atoms with Crippen LogP contribution in [0.25, 0.3) is 6.08 Å². The molecule has 4 rings (SSSR count). The fourth-order valence-corrected chi connectivity index (χ4v) is 3.19. The molecule has 1 aliphatic rings. The van der Waals surface area contributed by atoms with Crippen LogP contribution in [-0.4, -0.2) is 38.5 Å². The molecule has 7 heteroatoms. The van der Waals surface area contributed by atoms with Crippen molar-refractivity contribution in [2.45, 2.75) is 0 Å². The highest BCUT2D eigenvalue weighted by Gasteiger charge is 2.24. The predicted molar refractivity (Wildman–Crippen MR) is 123 cm³/mol. The van der Waals surface area contributed by atoms with E-state index in [-0.39, 0.29) is 24.0 Å². The number of aliphatic imine (C=N–C) groups is 1. The van der Waals surface area contributed by atoms with Crippen LogP contribution in [0.15, 0.2) is 83.5 Å². The first-order chi connectivity index (χ1) is 16.1. The first-order valence-electron chi connectivity index (χ1n) is 10.1. The van der Waals surface area contributed by atoms with Gasteiger partial charge in [-0.15, -0.1) is 0 Å². The maximum atomic E-state index is 12.3. The molecule has 3 aromatic carbocycles. The van der Waals surface area contributed by atoms with Crippen molar-refractivity contribution in [2.24, 2.45) is 4.99 Å². The minimum absolute atomic E-state index is 0.124. The van der Waals surface area contributed by atoms with Crippen molar-refractivity contribution in [2.75, 3.05) is 20.8 Å². The smallest absolute Gasteiger partial charge is 0.363 e. The average molecular weight is 443 g/mol. The number of Topliss-reactive ketones (excluding diaryl/α,β-unsaturated/α-hetero) is 1. The van der Waals surface area contributed by atoms with E-state index in [0.717, 1.165) is 0 Å². The molecule has 166 valence electrons. The predicted octanol–water partition coefficient (Wildman–Crippen LogP) is 4.31. The van der Waals surface area contributed by atoms with Gasteiger partial charge < -0.3 is 18.9 Å². The highest BCUT2D eigenvalue weighted by atomic mass is 16.6. The van der Waals surface area contributed by atoms with Gasteiger partial charge in [0.05, 0.1) is 14.2 Å². The molecule has 0 aromatic heterocycles. The van der Waals surface area contributed by atoms with E-state index in [0.29, 0.717) is 33.9 Å². The van der Waals surface area contributed by atoms with Gasteiger partial charge >= 0.3 is 5.97 Å².